The zero-order valence-corrected chi connectivity index (χ0v) is 15.2. The van der Waals surface area contributed by atoms with Crippen LogP contribution in [0.15, 0.2) is 22.7 Å². The maximum absolute atomic E-state index is 6.00. The Labute approximate surface area is 142 Å². The van der Waals surface area contributed by atoms with Crippen molar-refractivity contribution in [1.29, 1.82) is 0 Å². The van der Waals surface area contributed by atoms with Gasteiger partial charge < -0.3 is 9.72 Å². The van der Waals surface area contributed by atoms with E-state index in [1.165, 1.54) is 0 Å². The third-order valence-electron chi connectivity index (χ3n) is 2.97. The van der Waals surface area contributed by atoms with Crippen LogP contribution in [-0.4, -0.2) is 17.1 Å². The summed E-state index contributed by atoms with van der Waals surface area (Å²) in [4.78, 5) is 7.79. The van der Waals surface area contributed by atoms with Crippen molar-refractivity contribution in [3.05, 3.63) is 38.0 Å². The largest absolute Gasteiger partial charge is 0.496 e. The van der Waals surface area contributed by atoms with Crippen molar-refractivity contribution in [1.82, 2.24) is 9.97 Å². The van der Waals surface area contributed by atoms with Crippen LogP contribution in [0.5, 0.6) is 5.75 Å². The Kier molecular flexibility index (Phi) is 5.41. The Morgan fingerprint density at radius 1 is 1.43 bits per heavy atom. The van der Waals surface area contributed by atoms with Gasteiger partial charge in [-0.1, -0.05) is 37.7 Å². The maximum Gasteiger partial charge on any atom is 0.144 e. The summed E-state index contributed by atoms with van der Waals surface area (Å²) in [5.74, 6) is 1.86. The van der Waals surface area contributed by atoms with Crippen LogP contribution in [-0.2, 0) is 6.42 Å². The van der Waals surface area contributed by atoms with Crippen molar-refractivity contribution in [2.75, 3.05) is 7.11 Å². The van der Waals surface area contributed by atoms with Crippen LogP contribution < -0.4 is 4.74 Å². The summed E-state index contributed by atoms with van der Waals surface area (Å²) in [5.41, 5.74) is 1.88. The number of nitrogens with zero attached hydrogens (tertiary/aromatic N) is 1. The van der Waals surface area contributed by atoms with Crippen LogP contribution >= 0.6 is 39.7 Å². The zero-order valence-electron chi connectivity index (χ0n) is 12.0. The number of hydrogen-bond donors (Lipinski definition) is 1. The summed E-state index contributed by atoms with van der Waals surface area (Å²) in [6.45, 7) is 4.32. The molecule has 1 heterocycles. The van der Waals surface area contributed by atoms with Crippen LogP contribution in [0.2, 0.25) is 5.02 Å². The quantitative estimate of drug-likeness (QED) is 0.711. The average molecular weight is 388 g/mol. The number of benzene rings is 1. The van der Waals surface area contributed by atoms with Crippen molar-refractivity contribution in [2.45, 2.75) is 20.3 Å². The first-order valence-corrected chi connectivity index (χ1v) is 8.13. The molecule has 0 atom stereocenters. The van der Waals surface area contributed by atoms with Crippen LogP contribution in [0.1, 0.15) is 19.5 Å². The predicted molar refractivity (Wildman–Crippen MR) is 92.7 cm³/mol. The summed E-state index contributed by atoms with van der Waals surface area (Å²) in [7, 11) is 1.61. The minimum Gasteiger partial charge on any atom is -0.496 e. The standard InChI is InChI=1S/C15H16BrClN2OS/c1-8(2)6-11-13(16)15(21)19-14(18-11)10-5-4-9(17)7-12(10)20-3/h4-5,7-8H,6H2,1-3H3,(H,18,19,21). The van der Waals surface area contributed by atoms with Crippen LogP contribution in [0.25, 0.3) is 11.4 Å². The number of ether oxygens (including phenoxy) is 1. The smallest absolute Gasteiger partial charge is 0.144 e. The summed E-state index contributed by atoms with van der Waals surface area (Å²) in [5, 5.41) is 0.619. The predicted octanol–water partition coefficient (Wildman–Crippen LogP) is 5.43. The van der Waals surface area contributed by atoms with Gasteiger partial charge in [0, 0.05) is 10.7 Å². The number of aromatic amines is 1. The summed E-state index contributed by atoms with van der Waals surface area (Å²) in [6, 6.07) is 5.45. The highest BCUT2D eigenvalue weighted by Gasteiger charge is 2.13. The SMILES string of the molecule is COc1cc(Cl)ccc1-c1nc(=S)c(Br)c(CC(C)C)[nH]1. The second-order valence-corrected chi connectivity index (χ2v) is 6.74. The van der Waals surface area contributed by atoms with E-state index in [1.807, 2.05) is 12.1 Å². The second-order valence-electron chi connectivity index (χ2n) is 5.13. The fourth-order valence-electron chi connectivity index (χ4n) is 2.04. The number of halogens is 2. The summed E-state index contributed by atoms with van der Waals surface area (Å²) >= 11 is 14.9. The molecule has 1 N–H and O–H groups in total. The maximum atomic E-state index is 6.00. The Hall–Kier alpha value is -0.910. The van der Waals surface area contributed by atoms with Crippen molar-refractivity contribution < 1.29 is 4.74 Å². The van der Waals surface area contributed by atoms with Crippen molar-refractivity contribution >= 4 is 39.7 Å². The monoisotopic (exact) mass is 386 g/mol. The molecule has 21 heavy (non-hydrogen) atoms. The van der Waals surface area contributed by atoms with E-state index >= 15 is 0 Å². The van der Waals surface area contributed by atoms with Crippen LogP contribution in [0.3, 0.4) is 0 Å². The molecule has 0 spiro atoms. The molecule has 0 fully saturated rings. The minimum absolute atomic E-state index is 0.509. The van der Waals surface area contributed by atoms with Gasteiger partial charge in [0.1, 0.15) is 16.2 Å². The molecule has 0 saturated carbocycles. The highest BCUT2D eigenvalue weighted by atomic mass is 79.9. The van der Waals surface area contributed by atoms with E-state index in [4.69, 9.17) is 28.6 Å². The molecular formula is C15H16BrClN2OS. The number of methoxy groups -OCH3 is 1. The average Bonchev–Trinajstić information content (AvgIpc) is 2.43. The first-order valence-electron chi connectivity index (χ1n) is 6.55. The molecule has 0 saturated heterocycles. The number of nitrogens with one attached hydrogen (secondary N) is 1. The van der Waals surface area contributed by atoms with Crippen LogP contribution in [0.4, 0.5) is 0 Å². The zero-order chi connectivity index (χ0) is 15.6. The Balaban J connectivity index is 2.59. The molecule has 0 amide bonds. The number of rotatable bonds is 4. The summed E-state index contributed by atoms with van der Waals surface area (Å²) in [6.07, 6.45) is 0.885. The van der Waals surface area contributed by atoms with E-state index < -0.39 is 0 Å². The highest BCUT2D eigenvalue weighted by Crippen LogP contribution is 2.31. The molecular weight excluding hydrogens is 372 g/mol. The molecule has 0 aliphatic heterocycles. The minimum atomic E-state index is 0.509. The lowest BCUT2D eigenvalue weighted by Gasteiger charge is -2.13. The number of aromatic nitrogens is 2. The van der Waals surface area contributed by atoms with Gasteiger partial charge in [-0.25, -0.2) is 4.98 Å². The highest BCUT2D eigenvalue weighted by molar-refractivity contribution is 9.10. The molecule has 2 rings (SSSR count). The van der Waals surface area contributed by atoms with Gasteiger partial charge in [0.05, 0.1) is 17.1 Å². The van der Waals surface area contributed by atoms with Crippen molar-refractivity contribution in [3.63, 3.8) is 0 Å². The third-order valence-corrected chi connectivity index (χ3v) is 4.61. The van der Waals surface area contributed by atoms with E-state index in [9.17, 15) is 0 Å². The lowest BCUT2D eigenvalue weighted by molar-refractivity contribution is 0.416. The Morgan fingerprint density at radius 3 is 2.76 bits per heavy atom. The molecule has 0 aliphatic rings. The van der Waals surface area contributed by atoms with E-state index in [-0.39, 0.29) is 0 Å². The van der Waals surface area contributed by atoms with Gasteiger partial charge in [0.15, 0.2) is 0 Å². The second kappa shape index (κ2) is 6.90. The topological polar surface area (TPSA) is 37.9 Å². The van der Waals surface area contributed by atoms with E-state index in [1.54, 1.807) is 13.2 Å². The fraction of sp³-hybridized carbons (Fsp3) is 0.333. The summed E-state index contributed by atoms with van der Waals surface area (Å²) < 4.78 is 6.77. The van der Waals surface area contributed by atoms with E-state index in [0.29, 0.717) is 27.2 Å². The van der Waals surface area contributed by atoms with Crippen molar-refractivity contribution in [2.24, 2.45) is 5.92 Å². The molecule has 0 unspecified atom stereocenters. The van der Waals surface area contributed by atoms with Gasteiger partial charge in [0.25, 0.3) is 0 Å². The molecule has 0 bridgehead atoms. The molecule has 112 valence electrons. The molecule has 3 nitrogen and oxygen atoms in total. The van der Waals surface area contributed by atoms with Crippen LogP contribution in [0, 0.1) is 10.6 Å². The van der Waals surface area contributed by atoms with Gasteiger partial charge >= 0.3 is 0 Å². The molecule has 1 aromatic carbocycles. The molecule has 6 heteroatoms. The molecule has 1 aromatic heterocycles. The third kappa shape index (κ3) is 3.84. The van der Waals surface area contributed by atoms with Gasteiger partial charge in [-0.15, -0.1) is 0 Å². The first-order chi connectivity index (χ1) is 9.92. The lowest BCUT2D eigenvalue weighted by atomic mass is 10.1. The van der Waals surface area contributed by atoms with Gasteiger partial charge in [0.2, 0.25) is 0 Å². The number of H-pyrrole nitrogens is 1. The first kappa shape index (κ1) is 16.5. The Bertz CT molecular complexity index is 715. The van der Waals surface area contributed by atoms with Gasteiger partial charge in [-0.3, -0.25) is 0 Å². The fourth-order valence-corrected chi connectivity index (χ4v) is 2.77. The van der Waals surface area contributed by atoms with Crippen molar-refractivity contribution in [3.8, 4) is 17.1 Å². The van der Waals surface area contributed by atoms with E-state index in [2.05, 4.69) is 39.7 Å². The molecule has 0 radical (unpaired) electrons. The molecule has 2 aromatic rings. The Morgan fingerprint density at radius 2 is 2.14 bits per heavy atom. The van der Waals surface area contributed by atoms with Gasteiger partial charge in [-0.05, 0) is 46.5 Å². The van der Waals surface area contributed by atoms with Gasteiger partial charge in [-0.2, -0.15) is 0 Å². The van der Waals surface area contributed by atoms with E-state index in [0.717, 1.165) is 22.2 Å². The number of hydrogen-bond acceptors (Lipinski definition) is 3. The normalized spacial score (nSPS) is 11.0. The molecule has 0 aliphatic carbocycles. The lowest BCUT2D eigenvalue weighted by Crippen LogP contribution is -2.03.